The average Bonchev–Trinajstić information content (AvgIpc) is 2.11. The van der Waals surface area contributed by atoms with Crippen molar-refractivity contribution in [2.75, 3.05) is 33.3 Å². The van der Waals surface area contributed by atoms with Gasteiger partial charge in [-0.3, -0.25) is 4.90 Å². The van der Waals surface area contributed by atoms with Gasteiger partial charge in [0, 0.05) is 25.2 Å². The zero-order valence-corrected chi connectivity index (χ0v) is 9.03. The molecule has 2 unspecified atom stereocenters. The Morgan fingerprint density at radius 2 is 2.08 bits per heavy atom. The van der Waals surface area contributed by atoms with Crippen LogP contribution in [-0.2, 0) is 0 Å². The lowest BCUT2D eigenvalue weighted by Crippen LogP contribution is -2.57. The van der Waals surface area contributed by atoms with Gasteiger partial charge in [-0.15, -0.1) is 0 Å². The van der Waals surface area contributed by atoms with E-state index in [-0.39, 0.29) is 6.61 Å². The number of aliphatic hydroxyl groups excluding tert-OH is 1. The van der Waals surface area contributed by atoms with Crippen molar-refractivity contribution < 1.29 is 5.11 Å². The molecule has 0 aromatic heterocycles. The van der Waals surface area contributed by atoms with Crippen LogP contribution in [-0.4, -0.2) is 60.3 Å². The van der Waals surface area contributed by atoms with Crippen LogP contribution >= 0.6 is 0 Å². The lowest BCUT2D eigenvalue weighted by atomic mass is 10.1. The second kappa shape index (κ2) is 4.94. The first-order chi connectivity index (χ1) is 6.19. The minimum atomic E-state index is 0.279. The summed E-state index contributed by atoms with van der Waals surface area (Å²) in [5.41, 5.74) is 0. The van der Waals surface area contributed by atoms with Gasteiger partial charge in [0.05, 0.1) is 6.61 Å². The molecule has 0 spiro atoms. The van der Waals surface area contributed by atoms with E-state index in [4.69, 9.17) is 0 Å². The summed E-state index contributed by atoms with van der Waals surface area (Å²) in [6, 6.07) is 0.896. The summed E-state index contributed by atoms with van der Waals surface area (Å²) in [5, 5.41) is 9.20. The molecule has 0 bridgehead atoms. The highest BCUT2D eigenvalue weighted by atomic mass is 16.3. The van der Waals surface area contributed by atoms with Gasteiger partial charge in [-0.2, -0.15) is 0 Å². The molecule has 0 aromatic carbocycles. The number of aliphatic hydroxyl groups is 1. The van der Waals surface area contributed by atoms with E-state index in [1.54, 1.807) is 0 Å². The maximum absolute atomic E-state index is 9.20. The van der Waals surface area contributed by atoms with Crippen molar-refractivity contribution in [3.8, 4) is 0 Å². The molecule has 0 amide bonds. The van der Waals surface area contributed by atoms with Gasteiger partial charge < -0.3 is 10.0 Å². The van der Waals surface area contributed by atoms with Gasteiger partial charge in [0.1, 0.15) is 0 Å². The van der Waals surface area contributed by atoms with Crippen molar-refractivity contribution in [2.45, 2.75) is 32.4 Å². The lowest BCUT2D eigenvalue weighted by Gasteiger charge is -2.43. The minimum absolute atomic E-state index is 0.279. The molecule has 3 heteroatoms. The topological polar surface area (TPSA) is 26.7 Å². The molecule has 0 aromatic rings. The van der Waals surface area contributed by atoms with E-state index in [0.29, 0.717) is 12.1 Å². The predicted octanol–water partition coefficient (Wildman–Crippen LogP) is 0.393. The molecular formula is C10H22N2O. The van der Waals surface area contributed by atoms with E-state index in [2.05, 4.69) is 30.7 Å². The van der Waals surface area contributed by atoms with Gasteiger partial charge in [-0.05, 0) is 26.9 Å². The van der Waals surface area contributed by atoms with Crippen molar-refractivity contribution in [1.82, 2.24) is 9.80 Å². The van der Waals surface area contributed by atoms with E-state index in [9.17, 15) is 5.11 Å². The summed E-state index contributed by atoms with van der Waals surface area (Å²) >= 11 is 0. The van der Waals surface area contributed by atoms with Gasteiger partial charge >= 0.3 is 0 Å². The van der Waals surface area contributed by atoms with Crippen LogP contribution in [0.5, 0.6) is 0 Å². The summed E-state index contributed by atoms with van der Waals surface area (Å²) < 4.78 is 0. The zero-order chi connectivity index (χ0) is 9.84. The molecule has 78 valence electrons. The number of nitrogens with zero attached hydrogens (tertiary/aromatic N) is 2. The first-order valence-corrected chi connectivity index (χ1v) is 5.24. The smallest absolute Gasteiger partial charge is 0.0599 e. The third kappa shape index (κ3) is 2.66. The third-order valence-corrected chi connectivity index (χ3v) is 3.01. The van der Waals surface area contributed by atoms with Crippen LogP contribution in [0.4, 0.5) is 0 Å². The molecule has 2 atom stereocenters. The third-order valence-electron chi connectivity index (χ3n) is 3.01. The first kappa shape index (κ1) is 11.0. The molecule has 0 aliphatic carbocycles. The number of piperazine rings is 1. The first-order valence-electron chi connectivity index (χ1n) is 5.24. The molecule has 1 rings (SSSR count). The lowest BCUT2D eigenvalue weighted by molar-refractivity contribution is 0.0224. The Labute approximate surface area is 81.3 Å². The van der Waals surface area contributed by atoms with Gasteiger partial charge in [0.15, 0.2) is 0 Å². The van der Waals surface area contributed by atoms with Crippen molar-refractivity contribution in [3.05, 3.63) is 0 Å². The number of likely N-dealkylation sites (N-methyl/N-ethyl adjacent to an activating group) is 1. The molecule has 1 aliphatic heterocycles. The van der Waals surface area contributed by atoms with E-state index in [1.165, 1.54) is 6.42 Å². The monoisotopic (exact) mass is 186 g/mol. The van der Waals surface area contributed by atoms with Crippen molar-refractivity contribution in [2.24, 2.45) is 0 Å². The minimum Gasteiger partial charge on any atom is -0.395 e. The second-order valence-corrected chi connectivity index (χ2v) is 4.11. The Balaban J connectivity index is 2.47. The highest BCUT2D eigenvalue weighted by Gasteiger charge is 2.27. The van der Waals surface area contributed by atoms with Gasteiger partial charge in [-0.25, -0.2) is 0 Å². The molecule has 1 N–H and O–H groups in total. The summed E-state index contributed by atoms with van der Waals surface area (Å²) in [5.74, 6) is 0. The van der Waals surface area contributed by atoms with Crippen LogP contribution in [0.3, 0.4) is 0 Å². The average molecular weight is 186 g/mol. The standard InChI is InChI=1S/C10H22N2O/c1-4-5-12-6-9(2)11(3)10(7-12)8-13/h9-10,13H,4-8H2,1-3H3. The molecule has 3 nitrogen and oxygen atoms in total. The van der Waals surface area contributed by atoms with Gasteiger partial charge in [0.25, 0.3) is 0 Å². The molecule has 1 heterocycles. The molecule has 1 saturated heterocycles. The quantitative estimate of drug-likeness (QED) is 0.691. The van der Waals surface area contributed by atoms with E-state index < -0.39 is 0 Å². The summed E-state index contributed by atoms with van der Waals surface area (Å²) in [4.78, 5) is 4.73. The van der Waals surface area contributed by atoms with Crippen molar-refractivity contribution >= 4 is 0 Å². The molecule has 0 radical (unpaired) electrons. The van der Waals surface area contributed by atoms with E-state index in [1.807, 2.05) is 0 Å². The van der Waals surface area contributed by atoms with Crippen LogP contribution in [0.1, 0.15) is 20.3 Å². The molecule has 0 saturated carbocycles. The Kier molecular flexibility index (Phi) is 4.16. The summed E-state index contributed by atoms with van der Waals surface area (Å²) in [6.45, 7) is 8.03. The zero-order valence-electron chi connectivity index (χ0n) is 9.03. The van der Waals surface area contributed by atoms with Crippen LogP contribution < -0.4 is 0 Å². The predicted molar refractivity (Wildman–Crippen MR) is 54.8 cm³/mol. The maximum Gasteiger partial charge on any atom is 0.0599 e. The van der Waals surface area contributed by atoms with Crippen molar-refractivity contribution in [3.63, 3.8) is 0 Å². The molecule has 13 heavy (non-hydrogen) atoms. The number of hydrogen-bond donors (Lipinski definition) is 1. The van der Waals surface area contributed by atoms with Gasteiger partial charge in [-0.1, -0.05) is 6.92 Å². The second-order valence-electron chi connectivity index (χ2n) is 4.11. The Morgan fingerprint density at radius 3 is 2.62 bits per heavy atom. The largest absolute Gasteiger partial charge is 0.395 e. The highest BCUT2D eigenvalue weighted by molar-refractivity contribution is 4.84. The summed E-state index contributed by atoms with van der Waals surface area (Å²) in [6.07, 6.45) is 1.20. The van der Waals surface area contributed by atoms with Gasteiger partial charge in [0.2, 0.25) is 0 Å². The number of rotatable bonds is 3. The van der Waals surface area contributed by atoms with Crippen LogP contribution in [0.25, 0.3) is 0 Å². The van der Waals surface area contributed by atoms with Crippen LogP contribution in [0.15, 0.2) is 0 Å². The Bertz CT molecular complexity index is 152. The molecular weight excluding hydrogens is 164 g/mol. The molecule has 1 fully saturated rings. The molecule has 1 aliphatic rings. The Hall–Kier alpha value is -0.120. The number of hydrogen-bond acceptors (Lipinski definition) is 3. The Morgan fingerprint density at radius 1 is 1.38 bits per heavy atom. The fourth-order valence-electron chi connectivity index (χ4n) is 2.05. The fourth-order valence-corrected chi connectivity index (χ4v) is 2.05. The van der Waals surface area contributed by atoms with Crippen LogP contribution in [0, 0.1) is 0 Å². The summed E-state index contributed by atoms with van der Waals surface area (Å²) in [7, 11) is 2.11. The maximum atomic E-state index is 9.20. The SMILES string of the molecule is CCCN1CC(C)N(C)C(CO)C1. The van der Waals surface area contributed by atoms with Crippen molar-refractivity contribution in [1.29, 1.82) is 0 Å². The van der Waals surface area contributed by atoms with Crippen LogP contribution in [0.2, 0.25) is 0 Å². The van der Waals surface area contributed by atoms with E-state index >= 15 is 0 Å². The van der Waals surface area contributed by atoms with E-state index in [0.717, 1.165) is 19.6 Å². The normalized spacial score (nSPS) is 32.3. The highest BCUT2D eigenvalue weighted by Crippen LogP contribution is 2.13. The fraction of sp³-hybridized carbons (Fsp3) is 1.00.